The topological polar surface area (TPSA) is 97.5 Å². The van der Waals surface area contributed by atoms with E-state index in [0.29, 0.717) is 23.7 Å². The molecule has 1 amide bonds. The van der Waals surface area contributed by atoms with E-state index in [2.05, 4.69) is 24.8 Å². The molecule has 0 spiro atoms. The Kier molecular flexibility index (Phi) is 4.79. The molecule has 3 heterocycles. The molecule has 1 aliphatic heterocycles. The number of nitrogens with two attached hydrogens (primary N) is 1. The summed E-state index contributed by atoms with van der Waals surface area (Å²) in [5.41, 5.74) is 6.66. The Morgan fingerprint density at radius 3 is 2.56 bits per heavy atom. The Morgan fingerprint density at radius 2 is 1.89 bits per heavy atom. The molecule has 2 aromatic heterocycles. The van der Waals surface area contributed by atoms with E-state index in [9.17, 15) is 4.79 Å². The lowest BCUT2D eigenvalue weighted by Gasteiger charge is -2.40. The van der Waals surface area contributed by atoms with E-state index in [1.807, 2.05) is 12.1 Å². The van der Waals surface area contributed by atoms with Crippen LogP contribution in [0.4, 0.5) is 11.5 Å². The third kappa shape index (κ3) is 3.79. The lowest BCUT2D eigenvalue weighted by Crippen LogP contribution is -2.46. The second-order valence-electron chi connectivity index (χ2n) is 7.04. The van der Waals surface area contributed by atoms with Crippen molar-refractivity contribution in [1.29, 1.82) is 0 Å². The molecule has 1 aliphatic carbocycles. The first-order valence-electron chi connectivity index (χ1n) is 9.31. The van der Waals surface area contributed by atoms with E-state index in [-0.39, 0.29) is 0 Å². The highest BCUT2D eigenvalue weighted by Crippen LogP contribution is 2.36. The number of piperidine rings is 1. The highest BCUT2D eigenvalue weighted by Gasteiger charge is 2.36. The van der Waals surface area contributed by atoms with Gasteiger partial charge in [-0.3, -0.25) is 9.78 Å². The van der Waals surface area contributed by atoms with E-state index in [1.165, 1.54) is 12.8 Å². The van der Waals surface area contributed by atoms with Gasteiger partial charge in [0.15, 0.2) is 0 Å². The van der Waals surface area contributed by atoms with E-state index in [4.69, 9.17) is 10.5 Å². The Hall–Kier alpha value is -2.90. The Morgan fingerprint density at radius 1 is 1.15 bits per heavy atom. The van der Waals surface area contributed by atoms with Gasteiger partial charge in [0.2, 0.25) is 5.88 Å². The molecule has 27 heavy (non-hydrogen) atoms. The summed E-state index contributed by atoms with van der Waals surface area (Å²) in [5.74, 6) is 1.05. The van der Waals surface area contributed by atoms with Crippen LogP contribution < -0.4 is 20.3 Å². The van der Waals surface area contributed by atoms with Crippen LogP contribution in [0.2, 0.25) is 0 Å². The predicted octanol–water partition coefficient (Wildman–Crippen LogP) is 1.62. The van der Waals surface area contributed by atoms with Crippen molar-refractivity contribution >= 4 is 17.4 Å². The summed E-state index contributed by atoms with van der Waals surface area (Å²) < 4.78 is 5.27. The van der Waals surface area contributed by atoms with Gasteiger partial charge in [0.25, 0.3) is 5.91 Å². The zero-order valence-corrected chi connectivity index (χ0v) is 15.4. The molecule has 1 saturated heterocycles. The normalized spacial score (nSPS) is 17.6. The maximum absolute atomic E-state index is 11.4. The lowest BCUT2D eigenvalue weighted by atomic mass is 10.0. The molecule has 2 fully saturated rings. The molecule has 2 aliphatic rings. The van der Waals surface area contributed by atoms with Gasteiger partial charge in [0, 0.05) is 43.1 Å². The van der Waals surface area contributed by atoms with Crippen molar-refractivity contribution in [3.05, 3.63) is 36.4 Å². The fourth-order valence-corrected chi connectivity index (χ4v) is 3.76. The number of carbonyl (C=O) groups excluding carboxylic acids is 1. The number of amides is 1. The van der Waals surface area contributed by atoms with Crippen molar-refractivity contribution in [2.45, 2.75) is 37.8 Å². The first kappa shape index (κ1) is 17.5. The van der Waals surface area contributed by atoms with Crippen LogP contribution in [0.15, 0.2) is 30.7 Å². The number of pyridine rings is 1. The average Bonchev–Trinajstić information content (AvgIpc) is 3.54. The SMILES string of the molecule is COc1cc(N(C2CC2)C2CCN(c3ccnc(C(N)=O)c3)CC2)ncn1. The summed E-state index contributed by atoms with van der Waals surface area (Å²) in [5, 5.41) is 0. The molecule has 2 aromatic rings. The Balaban J connectivity index is 1.47. The second kappa shape index (κ2) is 7.38. The van der Waals surface area contributed by atoms with Crippen molar-refractivity contribution in [2.75, 3.05) is 30.0 Å². The summed E-state index contributed by atoms with van der Waals surface area (Å²) in [6.07, 6.45) is 7.68. The molecule has 1 saturated carbocycles. The molecule has 0 aromatic carbocycles. The minimum absolute atomic E-state index is 0.308. The van der Waals surface area contributed by atoms with Gasteiger partial charge in [-0.2, -0.15) is 0 Å². The number of carbonyl (C=O) groups is 1. The number of anilines is 2. The van der Waals surface area contributed by atoms with Gasteiger partial charge in [-0.15, -0.1) is 0 Å². The molecule has 4 rings (SSSR count). The van der Waals surface area contributed by atoms with Gasteiger partial charge in [0.1, 0.15) is 17.8 Å². The zero-order valence-electron chi connectivity index (χ0n) is 15.4. The molecule has 8 nitrogen and oxygen atoms in total. The molecule has 0 unspecified atom stereocenters. The summed E-state index contributed by atoms with van der Waals surface area (Å²) in [6, 6.07) is 6.62. The lowest BCUT2D eigenvalue weighted by molar-refractivity contribution is 0.0995. The monoisotopic (exact) mass is 368 g/mol. The van der Waals surface area contributed by atoms with E-state index >= 15 is 0 Å². The summed E-state index contributed by atoms with van der Waals surface area (Å²) in [7, 11) is 1.63. The summed E-state index contributed by atoms with van der Waals surface area (Å²) >= 11 is 0. The molecular formula is C19H24N6O2. The number of nitrogens with zero attached hydrogens (tertiary/aromatic N) is 5. The standard InChI is InChI=1S/C19H24N6O2/c1-27-18-11-17(22-12-23-18)25(13-2-3-13)14-5-8-24(9-6-14)15-4-7-21-16(10-15)19(20)26/h4,7,10-14H,2-3,5-6,8-9H2,1H3,(H2,20,26). The van der Waals surface area contributed by atoms with Gasteiger partial charge in [-0.05, 0) is 37.8 Å². The van der Waals surface area contributed by atoms with Crippen molar-refractivity contribution in [2.24, 2.45) is 5.73 Å². The van der Waals surface area contributed by atoms with Crippen LogP contribution >= 0.6 is 0 Å². The number of ether oxygens (including phenoxy) is 1. The van der Waals surface area contributed by atoms with Gasteiger partial charge in [-0.25, -0.2) is 9.97 Å². The summed E-state index contributed by atoms with van der Waals surface area (Å²) in [4.78, 5) is 28.8. The fourth-order valence-electron chi connectivity index (χ4n) is 3.76. The molecule has 0 radical (unpaired) electrons. The van der Waals surface area contributed by atoms with Gasteiger partial charge < -0.3 is 20.3 Å². The minimum atomic E-state index is -0.496. The zero-order chi connectivity index (χ0) is 18.8. The van der Waals surface area contributed by atoms with Crippen LogP contribution in [0.3, 0.4) is 0 Å². The number of hydrogen-bond acceptors (Lipinski definition) is 7. The van der Waals surface area contributed by atoms with Crippen molar-refractivity contribution in [1.82, 2.24) is 15.0 Å². The van der Waals surface area contributed by atoms with Crippen molar-refractivity contribution in [3.8, 4) is 5.88 Å². The van der Waals surface area contributed by atoms with Crippen molar-refractivity contribution < 1.29 is 9.53 Å². The molecule has 0 bridgehead atoms. The maximum atomic E-state index is 11.4. The van der Waals surface area contributed by atoms with Crippen LogP contribution in [0, 0.1) is 0 Å². The number of hydrogen-bond donors (Lipinski definition) is 1. The van der Waals surface area contributed by atoms with Crippen LogP contribution in [0.5, 0.6) is 5.88 Å². The molecule has 8 heteroatoms. The number of rotatable bonds is 6. The molecular weight excluding hydrogens is 344 g/mol. The predicted molar refractivity (Wildman–Crippen MR) is 102 cm³/mol. The number of methoxy groups -OCH3 is 1. The molecule has 0 atom stereocenters. The smallest absolute Gasteiger partial charge is 0.267 e. The number of primary amides is 1. The van der Waals surface area contributed by atoms with Crippen LogP contribution in [0.25, 0.3) is 0 Å². The van der Waals surface area contributed by atoms with E-state index < -0.39 is 5.91 Å². The molecule has 2 N–H and O–H groups in total. The van der Waals surface area contributed by atoms with Gasteiger partial charge in [-0.1, -0.05) is 0 Å². The molecule has 142 valence electrons. The first-order valence-corrected chi connectivity index (χ1v) is 9.31. The van der Waals surface area contributed by atoms with Crippen LogP contribution in [-0.4, -0.2) is 53.1 Å². The third-order valence-corrected chi connectivity index (χ3v) is 5.26. The second-order valence-corrected chi connectivity index (χ2v) is 7.04. The highest BCUT2D eigenvalue weighted by molar-refractivity contribution is 5.91. The maximum Gasteiger partial charge on any atom is 0.267 e. The summed E-state index contributed by atoms with van der Waals surface area (Å²) in [6.45, 7) is 1.83. The average molecular weight is 368 g/mol. The fraction of sp³-hybridized carbons (Fsp3) is 0.474. The van der Waals surface area contributed by atoms with Gasteiger partial charge >= 0.3 is 0 Å². The highest BCUT2D eigenvalue weighted by atomic mass is 16.5. The van der Waals surface area contributed by atoms with Gasteiger partial charge in [0.05, 0.1) is 7.11 Å². The van der Waals surface area contributed by atoms with E-state index in [1.54, 1.807) is 25.7 Å². The third-order valence-electron chi connectivity index (χ3n) is 5.26. The van der Waals surface area contributed by atoms with E-state index in [0.717, 1.165) is 37.4 Å². The Labute approximate surface area is 158 Å². The van der Waals surface area contributed by atoms with Crippen LogP contribution in [-0.2, 0) is 0 Å². The number of aromatic nitrogens is 3. The minimum Gasteiger partial charge on any atom is -0.481 e. The van der Waals surface area contributed by atoms with Crippen LogP contribution in [0.1, 0.15) is 36.2 Å². The Bertz CT molecular complexity index is 817. The van der Waals surface area contributed by atoms with Crippen molar-refractivity contribution in [3.63, 3.8) is 0 Å². The quantitative estimate of drug-likeness (QED) is 0.827. The largest absolute Gasteiger partial charge is 0.481 e. The first-order chi connectivity index (χ1) is 13.2.